The molecule has 0 N–H and O–H groups in total. The van der Waals surface area contributed by atoms with E-state index in [2.05, 4.69) is 37.6 Å². The zero-order valence-corrected chi connectivity index (χ0v) is 11.7. The maximum absolute atomic E-state index is 2.62. The molecule has 0 radical (unpaired) electrons. The molecule has 1 saturated heterocycles. The largest absolute Gasteiger partial charge is 0.307 e. The molecule has 2 nitrogen and oxygen atoms in total. The van der Waals surface area contributed by atoms with Crippen LogP contribution in [0.2, 0.25) is 0 Å². The van der Waals surface area contributed by atoms with Crippen LogP contribution in [0.1, 0.15) is 46.5 Å². The van der Waals surface area contributed by atoms with E-state index in [1.807, 2.05) is 0 Å². The van der Waals surface area contributed by atoms with Gasteiger partial charge in [0, 0.05) is 6.04 Å². The van der Waals surface area contributed by atoms with Crippen molar-refractivity contribution >= 4 is 0 Å². The standard InChI is InChI=1S/C14H30N2/c1-5-15(4)10-6-7-14-8-11-16(12-9-14)13(2)3/h13-14H,5-12H2,1-4H3. The maximum atomic E-state index is 2.62. The molecular weight excluding hydrogens is 196 g/mol. The van der Waals surface area contributed by atoms with E-state index in [4.69, 9.17) is 0 Å². The fourth-order valence-corrected chi connectivity index (χ4v) is 2.57. The van der Waals surface area contributed by atoms with E-state index < -0.39 is 0 Å². The van der Waals surface area contributed by atoms with E-state index in [0.717, 1.165) is 12.0 Å². The van der Waals surface area contributed by atoms with Crippen molar-refractivity contribution in [3.05, 3.63) is 0 Å². The highest BCUT2D eigenvalue weighted by Gasteiger charge is 2.20. The highest BCUT2D eigenvalue weighted by Crippen LogP contribution is 2.22. The SMILES string of the molecule is CCN(C)CCCC1CCN(C(C)C)CC1. The molecule has 0 saturated carbocycles. The lowest BCUT2D eigenvalue weighted by atomic mass is 9.91. The van der Waals surface area contributed by atoms with E-state index in [1.54, 1.807) is 0 Å². The van der Waals surface area contributed by atoms with Crippen molar-refractivity contribution in [3.63, 3.8) is 0 Å². The Bertz CT molecular complexity index is 172. The normalized spacial score (nSPS) is 19.9. The second kappa shape index (κ2) is 7.29. The first-order valence-electron chi connectivity index (χ1n) is 7.06. The van der Waals surface area contributed by atoms with Crippen LogP contribution in [0.4, 0.5) is 0 Å². The molecule has 1 rings (SSSR count). The van der Waals surface area contributed by atoms with Crippen molar-refractivity contribution in [3.8, 4) is 0 Å². The minimum absolute atomic E-state index is 0.743. The first-order chi connectivity index (χ1) is 7.63. The van der Waals surface area contributed by atoms with Gasteiger partial charge < -0.3 is 9.80 Å². The quantitative estimate of drug-likeness (QED) is 0.687. The summed E-state index contributed by atoms with van der Waals surface area (Å²) in [5, 5.41) is 0. The van der Waals surface area contributed by atoms with Crippen LogP contribution in [0, 0.1) is 5.92 Å². The summed E-state index contributed by atoms with van der Waals surface area (Å²) in [6, 6.07) is 0.743. The Morgan fingerprint density at radius 3 is 2.38 bits per heavy atom. The number of likely N-dealkylation sites (tertiary alicyclic amines) is 1. The smallest absolute Gasteiger partial charge is 0.00385 e. The molecule has 0 amide bonds. The van der Waals surface area contributed by atoms with Crippen molar-refractivity contribution in [2.75, 3.05) is 33.2 Å². The molecule has 1 heterocycles. The molecule has 0 aromatic carbocycles. The third-order valence-corrected chi connectivity index (χ3v) is 4.07. The highest BCUT2D eigenvalue weighted by atomic mass is 15.1. The molecule has 0 aliphatic carbocycles. The number of hydrogen-bond acceptors (Lipinski definition) is 2. The van der Waals surface area contributed by atoms with Crippen LogP contribution in [0.5, 0.6) is 0 Å². The summed E-state index contributed by atoms with van der Waals surface area (Å²) in [5.41, 5.74) is 0. The first kappa shape index (κ1) is 14.0. The summed E-state index contributed by atoms with van der Waals surface area (Å²) in [7, 11) is 2.22. The molecule has 0 aromatic heterocycles. The molecule has 1 aliphatic heterocycles. The molecule has 0 spiro atoms. The van der Waals surface area contributed by atoms with E-state index in [9.17, 15) is 0 Å². The molecule has 16 heavy (non-hydrogen) atoms. The molecule has 0 unspecified atom stereocenters. The first-order valence-corrected chi connectivity index (χ1v) is 7.06. The topological polar surface area (TPSA) is 6.48 Å². The average molecular weight is 226 g/mol. The lowest BCUT2D eigenvalue weighted by Crippen LogP contribution is -2.38. The van der Waals surface area contributed by atoms with Crippen LogP contribution >= 0.6 is 0 Å². The molecule has 2 heteroatoms. The summed E-state index contributed by atoms with van der Waals surface area (Å²) < 4.78 is 0. The van der Waals surface area contributed by atoms with Crippen LogP contribution in [-0.4, -0.2) is 49.1 Å². The van der Waals surface area contributed by atoms with Gasteiger partial charge >= 0.3 is 0 Å². The lowest BCUT2D eigenvalue weighted by Gasteiger charge is -2.34. The molecule has 0 bridgehead atoms. The Labute approximate surface area is 102 Å². The summed E-state index contributed by atoms with van der Waals surface area (Å²) >= 11 is 0. The number of piperidine rings is 1. The molecule has 1 fully saturated rings. The zero-order valence-electron chi connectivity index (χ0n) is 11.7. The van der Waals surface area contributed by atoms with Crippen molar-refractivity contribution in [1.82, 2.24) is 9.80 Å². The summed E-state index contributed by atoms with van der Waals surface area (Å²) in [6.45, 7) is 12.0. The molecule has 0 aromatic rings. The lowest BCUT2D eigenvalue weighted by molar-refractivity contribution is 0.143. The fraction of sp³-hybridized carbons (Fsp3) is 1.00. The monoisotopic (exact) mass is 226 g/mol. The van der Waals surface area contributed by atoms with Gasteiger partial charge in [0.1, 0.15) is 0 Å². The average Bonchev–Trinajstić information content (AvgIpc) is 2.29. The van der Waals surface area contributed by atoms with E-state index >= 15 is 0 Å². The van der Waals surface area contributed by atoms with E-state index in [0.29, 0.717) is 0 Å². The molecule has 1 aliphatic rings. The maximum Gasteiger partial charge on any atom is 0.00385 e. The Kier molecular flexibility index (Phi) is 6.37. The Hall–Kier alpha value is -0.0800. The number of hydrogen-bond donors (Lipinski definition) is 0. The van der Waals surface area contributed by atoms with Crippen molar-refractivity contribution in [1.29, 1.82) is 0 Å². The third-order valence-electron chi connectivity index (χ3n) is 4.07. The molecule has 96 valence electrons. The summed E-state index contributed by atoms with van der Waals surface area (Å²) in [5.74, 6) is 1.00. The van der Waals surface area contributed by atoms with Crippen LogP contribution in [0.15, 0.2) is 0 Å². The van der Waals surface area contributed by atoms with Crippen LogP contribution in [0.3, 0.4) is 0 Å². The van der Waals surface area contributed by atoms with Crippen LogP contribution in [0.25, 0.3) is 0 Å². The Balaban J connectivity index is 2.08. The van der Waals surface area contributed by atoms with Gasteiger partial charge in [0.05, 0.1) is 0 Å². The van der Waals surface area contributed by atoms with E-state index in [1.165, 1.54) is 51.9 Å². The van der Waals surface area contributed by atoms with Gasteiger partial charge in [0.15, 0.2) is 0 Å². The Morgan fingerprint density at radius 2 is 1.88 bits per heavy atom. The van der Waals surface area contributed by atoms with Crippen molar-refractivity contribution < 1.29 is 0 Å². The van der Waals surface area contributed by atoms with Gasteiger partial charge in [0.25, 0.3) is 0 Å². The van der Waals surface area contributed by atoms with Crippen molar-refractivity contribution in [2.24, 2.45) is 5.92 Å². The van der Waals surface area contributed by atoms with Gasteiger partial charge in [-0.05, 0) is 78.7 Å². The number of nitrogens with zero attached hydrogens (tertiary/aromatic N) is 2. The van der Waals surface area contributed by atoms with Gasteiger partial charge in [-0.1, -0.05) is 6.92 Å². The van der Waals surface area contributed by atoms with Gasteiger partial charge in [-0.15, -0.1) is 0 Å². The number of rotatable bonds is 6. The Morgan fingerprint density at radius 1 is 1.25 bits per heavy atom. The second-order valence-electron chi connectivity index (χ2n) is 5.61. The van der Waals surface area contributed by atoms with Gasteiger partial charge in [-0.25, -0.2) is 0 Å². The molecular formula is C14H30N2. The van der Waals surface area contributed by atoms with Crippen LogP contribution < -0.4 is 0 Å². The van der Waals surface area contributed by atoms with Gasteiger partial charge in [-0.3, -0.25) is 0 Å². The van der Waals surface area contributed by atoms with E-state index in [-0.39, 0.29) is 0 Å². The second-order valence-corrected chi connectivity index (χ2v) is 5.61. The van der Waals surface area contributed by atoms with Gasteiger partial charge in [-0.2, -0.15) is 0 Å². The van der Waals surface area contributed by atoms with Crippen LogP contribution in [-0.2, 0) is 0 Å². The third kappa shape index (κ3) is 4.84. The van der Waals surface area contributed by atoms with Crippen molar-refractivity contribution in [2.45, 2.75) is 52.5 Å². The molecule has 0 atom stereocenters. The predicted octanol–water partition coefficient (Wildman–Crippen LogP) is 2.84. The summed E-state index contributed by atoms with van der Waals surface area (Å²) in [6.07, 6.45) is 5.68. The highest BCUT2D eigenvalue weighted by molar-refractivity contribution is 4.74. The predicted molar refractivity (Wildman–Crippen MR) is 71.8 cm³/mol. The summed E-state index contributed by atoms with van der Waals surface area (Å²) in [4.78, 5) is 5.04. The zero-order chi connectivity index (χ0) is 12.0. The fourth-order valence-electron chi connectivity index (χ4n) is 2.57. The van der Waals surface area contributed by atoms with Gasteiger partial charge in [0.2, 0.25) is 0 Å². The minimum atomic E-state index is 0.743. The minimum Gasteiger partial charge on any atom is -0.307 e.